The van der Waals surface area contributed by atoms with Crippen molar-refractivity contribution in [3.05, 3.63) is 0 Å². The number of piperidine rings is 1. The second kappa shape index (κ2) is 11.5. The molecule has 0 aromatic rings. The molecule has 0 aliphatic carbocycles. The van der Waals surface area contributed by atoms with E-state index in [1.54, 1.807) is 13.2 Å². The largest absolute Gasteiger partial charge is 0.395 e. The molecular weight excluding hydrogens is 420 g/mol. The van der Waals surface area contributed by atoms with Crippen molar-refractivity contribution < 1.29 is 30.0 Å². The van der Waals surface area contributed by atoms with Crippen molar-refractivity contribution in [1.29, 1.82) is 0 Å². The number of halogens is 1. The number of aliphatic hydroxyl groups is 4. The minimum absolute atomic E-state index is 0.0279. The average Bonchev–Trinajstić information content (AvgIpc) is 2.71. The van der Waals surface area contributed by atoms with Crippen LogP contribution in [0.15, 0.2) is 0 Å². The molecule has 0 spiro atoms. The Morgan fingerprint density at radius 3 is 2.55 bits per heavy atom. The molecule has 0 bridgehead atoms. The molecule has 2 fully saturated rings. The van der Waals surface area contributed by atoms with Crippen LogP contribution in [-0.4, -0.2) is 104 Å². The molecule has 0 saturated carbocycles. The first kappa shape index (κ1) is 25.1. The summed E-state index contributed by atoms with van der Waals surface area (Å²) < 4.78 is 5.81. The second-order valence-corrected chi connectivity index (χ2v) is 9.59. The number of hydrogen-bond donors (Lipinski definition) is 5. The van der Waals surface area contributed by atoms with Crippen molar-refractivity contribution in [2.45, 2.75) is 80.4 Å². The Morgan fingerprint density at radius 1 is 1.31 bits per heavy atom. The number of likely N-dealkylation sites (tertiary alicyclic amines) is 1. The number of hydrogen-bond acceptors (Lipinski definition) is 8. The van der Waals surface area contributed by atoms with Gasteiger partial charge in [-0.1, -0.05) is 13.3 Å². The van der Waals surface area contributed by atoms with E-state index >= 15 is 0 Å². The van der Waals surface area contributed by atoms with Crippen LogP contribution < -0.4 is 5.32 Å². The maximum Gasteiger partial charge on any atom is 0.237 e. The smallest absolute Gasteiger partial charge is 0.237 e. The summed E-state index contributed by atoms with van der Waals surface area (Å²) in [4.78, 5) is 15.1. The van der Waals surface area contributed by atoms with Crippen LogP contribution >= 0.6 is 23.4 Å². The van der Waals surface area contributed by atoms with Crippen LogP contribution in [0.5, 0.6) is 0 Å². The molecule has 1 amide bonds. The standard InChI is InChI=1S/C19H35ClN2O6S/c1-4-11-5-6-22(7-8-23)12(9-11)18(27)21-13(10(2)20)17-15(25)14(24)16(26)19(28-17)29-3/h10-17,19,23-26H,4-9H2,1-3H3,(H,21,27)/t10?,11-,12+,13?,14?,15?,16?,17?,19?/m1/s1. The highest BCUT2D eigenvalue weighted by Gasteiger charge is 2.48. The fourth-order valence-corrected chi connectivity index (χ4v) is 5.10. The van der Waals surface area contributed by atoms with Gasteiger partial charge in [-0.25, -0.2) is 0 Å². The highest BCUT2D eigenvalue weighted by atomic mass is 35.5. The number of rotatable bonds is 8. The Hall–Kier alpha value is -0.130. The third kappa shape index (κ3) is 5.98. The SMILES string of the molecule is CC[C@@H]1CCN(CCO)[C@H](C(=O)NC(C(C)Cl)C2OC(SC)C(O)C(O)C2O)C1. The van der Waals surface area contributed by atoms with Gasteiger partial charge in [0.1, 0.15) is 29.9 Å². The average molecular weight is 455 g/mol. The van der Waals surface area contributed by atoms with Crippen LogP contribution in [0.4, 0.5) is 0 Å². The van der Waals surface area contributed by atoms with Crippen molar-refractivity contribution >= 4 is 29.3 Å². The maximum atomic E-state index is 13.2. The van der Waals surface area contributed by atoms with E-state index in [0.717, 1.165) is 19.4 Å². The quantitative estimate of drug-likeness (QED) is 0.318. The molecule has 29 heavy (non-hydrogen) atoms. The molecule has 2 rings (SSSR count). The Balaban J connectivity index is 2.16. The molecule has 2 heterocycles. The number of alkyl halides is 1. The summed E-state index contributed by atoms with van der Waals surface area (Å²) in [7, 11) is 0. The van der Waals surface area contributed by atoms with Gasteiger partial charge in [-0.3, -0.25) is 9.69 Å². The molecule has 10 heteroatoms. The van der Waals surface area contributed by atoms with Gasteiger partial charge < -0.3 is 30.5 Å². The number of nitrogens with one attached hydrogen (secondary N) is 1. The van der Waals surface area contributed by atoms with Gasteiger partial charge in [0, 0.05) is 6.54 Å². The minimum Gasteiger partial charge on any atom is -0.395 e. The van der Waals surface area contributed by atoms with Gasteiger partial charge >= 0.3 is 0 Å². The highest BCUT2D eigenvalue weighted by molar-refractivity contribution is 7.99. The minimum atomic E-state index is -1.40. The summed E-state index contributed by atoms with van der Waals surface area (Å²) in [5.41, 5.74) is -0.738. The number of β-amino-alcohol motifs (C(OH)–C–C–N with tert-alkyl or cyclic N) is 1. The summed E-state index contributed by atoms with van der Waals surface area (Å²) >= 11 is 7.56. The van der Waals surface area contributed by atoms with Crippen LogP contribution in [0.1, 0.15) is 33.1 Å². The Bertz CT molecular complexity index is 529. The number of aliphatic hydroxyl groups excluding tert-OH is 4. The second-order valence-electron chi connectivity index (χ2n) is 7.96. The normalized spacial score (nSPS) is 38.4. The van der Waals surface area contributed by atoms with Crippen LogP contribution in [0.3, 0.4) is 0 Å². The maximum absolute atomic E-state index is 13.2. The van der Waals surface area contributed by atoms with Crippen molar-refractivity contribution in [1.82, 2.24) is 10.2 Å². The highest BCUT2D eigenvalue weighted by Crippen LogP contribution is 2.31. The first-order valence-electron chi connectivity index (χ1n) is 10.3. The van der Waals surface area contributed by atoms with Gasteiger partial charge in [-0.2, -0.15) is 0 Å². The molecule has 0 radical (unpaired) electrons. The lowest BCUT2D eigenvalue weighted by molar-refractivity contribution is -0.205. The zero-order valence-corrected chi connectivity index (χ0v) is 18.8. The van der Waals surface area contributed by atoms with Gasteiger partial charge in [-0.15, -0.1) is 23.4 Å². The fraction of sp³-hybridized carbons (Fsp3) is 0.947. The summed E-state index contributed by atoms with van der Waals surface area (Å²) in [6.45, 7) is 4.92. The molecule has 2 aliphatic rings. The fourth-order valence-electron chi connectivity index (χ4n) is 4.21. The molecule has 5 N–H and O–H groups in total. The molecule has 9 atom stereocenters. The predicted molar refractivity (Wildman–Crippen MR) is 113 cm³/mol. The first-order valence-corrected chi connectivity index (χ1v) is 12.0. The Morgan fingerprint density at radius 2 is 2.00 bits per heavy atom. The Labute approximate surface area is 181 Å². The van der Waals surface area contributed by atoms with Crippen molar-refractivity contribution in [3.8, 4) is 0 Å². The van der Waals surface area contributed by atoms with E-state index in [1.165, 1.54) is 11.8 Å². The van der Waals surface area contributed by atoms with Gasteiger partial charge in [-0.05, 0) is 38.5 Å². The van der Waals surface area contributed by atoms with E-state index in [0.29, 0.717) is 18.9 Å². The summed E-state index contributed by atoms with van der Waals surface area (Å²) in [5.74, 6) is 0.202. The first-order chi connectivity index (χ1) is 13.7. The molecule has 2 saturated heterocycles. The van der Waals surface area contributed by atoms with E-state index in [1.807, 2.05) is 4.90 Å². The number of carbonyl (C=O) groups is 1. The zero-order valence-electron chi connectivity index (χ0n) is 17.3. The summed E-state index contributed by atoms with van der Waals surface area (Å²) in [6.07, 6.45) is -0.591. The molecule has 2 aliphatic heterocycles. The predicted octanol–water partition coefficient (Wildman–Crippen LogP) is -0.248. The lowest BCUT2D eigenvalue weighted by Gasteiger charge is -2.45. The third-order valence-corrected chi connectivity index (χ3v) is 7.21. The van der Waals surface area contributed by atoms with Crippen LogP contribution in [0.25, 0.3) is 0 Å². The number of nitrogens with zero attached hydrogens (tertiary/aromatic N) is 1. The molecule has 7 unspecified atom stereocenters. The topological polar surface area (TPSA) is 122 Å². The molecular formula is C19H35ClN2O6S. The van der Waals surface area contributed by atoms with Crippen LogP contribution in [0.2, 0.25) is 0 Å². The van der Waals surface area contributed by atoms with E-state index in [-0.39, 0.29) is 12.5 Å². The number of ether oxygens (including phenoxy) is 1. The lowest BCUT2D eigenvalue weighted by Crippen LogP contribution is -2.65. The monoisotopic (exact) mass is 454 g/mol. The number of amides is 1. The van der Waals surface area contributed by atoms with Gasteiger partial charge in [0.2, 0.25) is 5.91 Å². The Kier molecular flexibility index (Phi) is 9.95. The van der Waals surface area contributed by atoms with Crippen molar-refractivity contribution in [2.75, 3.05) is 26.0 Å². The van der Waals surface area contributed by atoms with Crippen LogP contribution in [0, 0.1) is 5.92 Å². The van der Waals surface area contributed by atoms with Gasteiger partial charge in [0.15, 0.2) is 0 Å². The summed E-state index contributed by atoms with van der Waals surface area (Å²) in [6, 6.07) is -1.15. The molecule has 8 nitrogen and oxygen atoms in total. The molecule has 170 valence electrons. The molecule has 0 aromatic carbocycles. The van der Waals surface area contributed by atoms with E-state index in [4.69, 9.17) is 16.3 Å². The van der Waals surface area contributed by atoms with E-state index in [2.05, 4.69) is 12.2 Å². The van der Waals surface area contributed by atoms with E-state index in [9.17, 15) is 25.2 Å². The van der Waals surface area contributed by atoms with Crippen LogP contribution in [-0.2, 0) is 9.53 Å². The molecule has 0 aromatic heterocycles. The summed E-state index contributed by atoms with van der Waals surface area (Å²) in [5, 5.41) is 42.5. The number of carbonyl (C=O) groups excluding carboxylic acids is 1. The van der Waals surface area contributed by atoms with Gasteiger partial charge in [0.25, 0.3) is 0 Å². The van der Waals surface area contributed by atoms with E-state index < -0.39 is 47.3 Å². The lowest BCUT2D eigenvalue weighted by atomic mass is 9.87. The number of thioether (sulfide) groups is 1. The zero-order chi connectivity index (χ0) is 21.7. The van der Waals surface area contributed by atoms with Crippen molar-refractivity contribution in [3.63, 3.8) is 0 Å². The van der Waals surface area contributed by atoms with Gasteiger partial charge in [0.05, 0.1) is 24.1 Å². The third-order valence-electron chi connectivity index (χ3n) is 6.09. The van der Waals surface area contributed by atoms with Crippen molar-refractivity contribution in [2.24, 2.45) is 5.92 Å².